The SMILES string of the molecule is CSc1ccc2ncc(Br)cc2c1. The van der Waals surface area contributed by atoms with Gasteiger partial charge in [-0.25, -0.2) is 0 Å². The van der Waals surface area contributed by atoms with E-state index < -0.39 is 0 Å². The molecule has 0 aliphatic rings. The van der Waals surface area contributed by atoms with Crippen LogP contribution >= 0.6 is 27.7 Å². The van der Waals surface area contributed by atoms with Gasteiger partial charge in [0.15, 0.2) is 0 Å². The predicted molar refractivity (Wildman–Crippen MR) is 61.2 cm³/mol. The van der Waals surface area contributed by atoms with Crippen LogP contribution < -0.4 is 0 Å². The quantitative estimate of drug-likeness (QED) is 0.719. The molecule has 0 saturated carbocycles. The van der Waals surface area contributed by atoms with Gasteiger partial charge in [-0.15, -0.1) is 11.8 Å². The van der Waals surface area contributed by atoms with E-state index in [1.165, 1.54) is 10.3 Å². The first-order chi connectivity index (χ1) is 6.29. The lowest BCUT2D eigenvalue weighted by molar-refractivity contribution is 1.37. The molecule has 2 aromatic rings. The standard InChI is InChI=1S/C10H8BrNS/c1-13-9-2-3-10-7(5-9)4-8(11)6-12-10/h2-6H,1H3. The van der Waals surface area contributed by atoms with Gasteiger partial charge in [-0.1, -0.05) is 0 Å². The number of fused-ring (bicyclic) bond motifs is 1. The van der Waals surface area contributed by atoms with Crippen molar-refractivity contribution in [3.05, 3.63) is 34.9 Å². The molecule has 1 heterocycles. The fourth-order valence-corrected chi connectivity index (χ4v) is 2.01. The van der Waals surface area contributed by atoms with E-state index in [2.05, 4.69) is 45.4 Å². The predicted octanol–water partition coefficient (Wildman–Crippen LogP) is 3.72. The molecule has 1 aromatic carbocycles. The molecule has 0 unspecified atom stereocenters. The van der Waals surface area contributed by atoms with Gasteiger partial charge >= 0.3 is 0 Å². The van der Waals surface area contributed by atoms with Crippen LogP contribution in [-0.4, -0.2) is 11.2 Å². The van der Waals surface area contributed by atoms with Crippen LogP contribution in [0.15, 0.2) is 39.8 Å². The van der Waals surface area contributed by atoms with Gasteiger partial charge in [0.1, 0.15) is 0 Å². The normalized spacial score (nSPS) is 10.6. The lowest BCUT2D eigenvalue weighted by Gasteiger charge is -2.00. The summed E-state index contributed by atoms with van der Waals surface area (Å²) >= 11 is 5.16. The minimum absolute atomic E-state index is 1.03. The Morgan fingerprint density at radius 3 is 2.92 bits per heavy atom. The zero-order valence-electron chi connectivity index (χ0n) is 7.12. The Kier molecular flexibility index (Phi) is 2.56. The van der Waals surface area contributed by atoms with Crippen molar-refractivity contribution >= 4 is 38.6 Å². The largest absolute Gasteiger partial charge is 0.255 e. The number of nitrogens with zero attached hydrogens (tertiary/aromatic N) is 1. The van der Waals surface area contributed by atoms with Gasteiger partial charge in [0.05, 0.1) is 5.52 Å². The first-order valence-electron chi connectivity index (χ1n) is 3.89. The fourth-order valence-electron chi connectivity index (χ4n) is 1.21. The molecule has 0 spiro atoms. The molecular weight excluding hydrogens is 246 g/mol. The van der Waals surface area contributed by atoms with Crippen LogP contribution in [-0.2, 0) is 0 Å². The summed E-state index contributed by atoms with van der Waals surface area (Å²) in [4.78, 5) is 5.57. The Bertz CT molecular complexity index is 442. The number of halogens is 1. The van der Waals surface area contributed by atoms with E-state index in [1.54, 1.807) is 11.8 Å². The van der Waals surface area contributed by atoms with E-state index in [4.69, 9.17) is 0 Å². The van der Waals surface area contributed by atoms with Crippen LogP contribution in [0.3, 0.4) is 0 Å². The molecule has 3 heteroatoms. The Morgan fingerprint density at radius 1 is 1.31 bits per heavy atom. The number of benzene rings is 1. The lowest BCUT2D eigenvalue weighted by atomic mass is 10.2. The van der Waals surface area contributed by atoms with Crippen molar-refractivity contribution in [3.63, 3.8) is 0 Å². The van der Waals surface area contributed by atoms with Crippen molar-refractivity contribution in [3.8, 4) is 0 Å². The van der Waals surface area contributed by atoms with Crippen molar-refractivity contribution in [2.45, 2.75) is 4.90 Å². The molecule has 0 N–H and O–H groups in total. The number of hydrogen-bond acceptors (Lipinski definition) is 2. The highest BCUT2D eigenvalue weighted by molar-refractivity contribution is 9.10. The average molecular weight is 254 g/mol. The van der Waals surface area contributed by atoms with E-state index in [-0.39, 0.29) is 0 Å². The van der Waals surface area contributed by atoms with E-state index in [1.807, 2.05) is 12.3 Å². The van der Waals surface area contributed by atoms with Crippen molar-refractivity contribution in [1.29, 1.82) is 0 Å². The molecule has 2 rings (SSSR count). The van der Waals surface area contributed by atoms with Gasteiger partial charge in [-0.3, -0.25) is 4.98 Å². The molecule has 0 bridgehead atoms. The van der Waals surface area contributed by atoms with Gasteiger partial charge in [0, 0.05) is 21.0 Å². The highest BCUT2D eigenvalue weighted by Crippen LogP contribution is 2.22. The van der Waals surface area contributed by atoms with E-state index >= 15 is 0 Å². The third kappa shape index (κ3) is 1.86. The average Bonchev–Trinajstić information content (AvgIpc) is 2.16. The van der Waals surface area contributed by atoms with Crippen molar-refractivity contribution in [1.82, 2.24) is 4.98 Å². The van der Waals surface area contributed by atoms with E-state index in [0.717, 1.165) is 9.99 Å². The lowest BCUT2D eigenvalue weighted by Crippen LogP contribution is -1.79. The maximum atomic E-state index is 4.30. The summed E-state index contributed by atoms with van der Waals surface area (Å²) < 4.78 is 1.03. The molecule has 0 atom stereocenters. The maximum absolute atomic E-state index is 4.30. The second-order valence-electron chi connectivity index (χ2n) is 2.71. The minimum atomic E-state index is 1.03. The maximum Gasteiger partial charge on any atom is 0.0703 e. The minimum Gasteiger partial charge on any atom is -0.255 e. The summed E-state index contributed by atoms with van der Waals surface area (Å²) in [5.41, 5.74) is 1.04. The highest BCUT2D eigenvalue weighted by Gasteiger charge is 1.97. The molecule has 13 heavy (non-hydrogen) atoms. The highest BCUT2D eigenvalue weighted by atomic mass is 79.9. The molecule has 0 radical (unpaired) electrons. The second-order valence-corrected chi connectivity index (χ2v) is 4.51. The number of aromatic nitrogens is 1. The van der Waals surface area contributed by atoms with Crippen LogP contribution in [0.2, 0.25) is 0 Å². The zero-order valence-corrected chi connectivity index (χ0v) is 9.52. The number of rotatable bonds is 1. The molecule has 0 aliphatic carbocycles. The summed E-state index contributed by atoms with van der Waals surface area (Å²) in [6, 6.07) is 8.38. The molecule has 1 nitrogen and oxygen atoms in total. The smallest absolute Gasteiger partial charge is 0.0703 e. The summed E-state index contributed by atoms with van der Waals surface area (Å²) in [5, 5.41) is 1.18. The Balaban J connectivity index is 2.68. The molecule has 0 saturated heterocycles. The zero-order chi connectivity index (χ0) is 9.26. The molecule has 0 fully saturated rings. The topological polar surface area (TPSA) is 12.9 Å². The van der Waals surface area contributed by atoms with Crippen molar-refractivity contribution in [2.24, 2.45) is 0 Å². The summed E-state index contributed by atoms with van der Waals surface area (Å²) in [7, 11) is 0. The first-order valence-corrected chi connectivity index (χ1v) is 5.90. The Hall–Kier alpha value is -0.540. The second kappa shape index (κ2) is 3.68. The van der Waals surface area contributed by atoms with Gasteiger partial charge in [-0.05, 0) is 46.5 Å². The number of hydrogen-bond donors (Lipinski definition) is 0. The molecule has 1 aromatic heterocycles. The molecule has 0 aliphatic heterocycles. The van der Waals surface area contributed by atoms with Gasteiger partial charge in [-0.2, -0.15) is 0 Å². The first kappa shape index (κ1) is 9.03. The Morgan fingerprint density at radius 2 is 2.15 bits per heavy atom. The number of pyridine rings is 1. The van der Waals surface area contributed by atoms with Crippen molar-refractivity contribution < 1.29 is 0 Å². The van der Waals surface area contributed by atoms with Gasteiger partial charge < -0.3 is 0 Å². The number of thioether (sulfide) groups is 1. The Labute approximate surface area is 89.7 Å². The molecule has 66 valence electrons. The monoisotopic (exact) mass is 253 g/mol. The third-order valence-corrected chi connectivity index (χ3v) is 3.01. The van der Waals surface area contributed by atoms with Crippen LogP contribution in [0, 0.1) is 0 Å². The van der Waals surface area contributed by atoms with E-state index in [9.17, 15) is 0 Å². The van der Waals surface area contributed by atoms with Crippen LogP contribution in [0.5, 0.6) is 0 Å². The van der Waals surface area contributed by atoms with Crippen LogP contribution in [0.25, 0.3) is 10.9 Å². The summed E-state index contributed by atoms with van der Waals surface area (Å²) in [6.45, 7) is 0. The van der Waals surface area contributed by atoms with Crippen LogP contribution in [0.4, 0.5) is 0 Å². The van der Waals surface area contributed by atoms with Gasteiger partial charge in [0.2, 0.25) is 0 Å². The summed E-state index contributed by atoms with van der Waals surface area (Å²) in [6.07, 6.45) is 3.90. The fraction of sp³-hybridized carbons (Fsp3) is 0.100. The summed E-state index contributed by atoms with van der Waals surface area (Å²) in [5.74, 6) is 0. The molecular formula is C10H8BrNS. The van der Waals surface area contributed by atoms with Crippen molar-refractivity contribution in [2.75, 3.05) is 6.26 Å². The van der Waals surface area contributed by atoms with E-state index in [0.29, 0.717) is 0 Å². The molecule has 0 amide bonds. The third-order valence-electron chi connectivity index (χ3n) is 1.86. The van der Waals surface area contributed by atoms with Gasteiger partial charge in [0.25, 0.3) is 0 Å². The van der Waals surface area contributed by atoms with Crippen LogP contribution in [0.1, 0.15) is 0 Å².